The summed E-state index contributed by atoms with van der Waals surface area (Å²) in [5, 5.41) is 49.7. The topological polar surface area (TPSA) is 139 Å². The van der Waals surface area contributed by atoms with E-state index in [4.69, 9.17) is 15.9 Å². The van der Waals surface area contributed by atoms with E-state index in [1.165, 1.54) is 64.2 Å². The van der Waals surface area contributed by atoms with E-state index in [0.29, 0.717) is 25.7 Å². The Morgan fingerprint density at radius 1 is 0.548 bits per heavy atom. The summed E-state index contributed by atoms with van der Waals surface area (Å²) in [7, 11) is 0. The van der Waals surface area contributed by atoms with Gasteiger partial charge in [-0.25, -0.2) is 0 Å². The lowest BCUT2D eigenvalue weighted by atomic mass is 10.0. The first kappa shape index (κ1) is 30.7. The Morgan fingerprint density at radius 2 is 0.935 bits per heavy atom. The van der Waals surface area contributed by atoms with Gasteiger partial charge in [0.2, 0.25) is 0 Å². The zero-order valence-corrected chi connectivity index (χ0v) is 19.9. The van der Waals surface area contributed by atoms with Crippen molar-refractivity contribution in [2.75, 3.05) is 0 Å². The molecule has 0 aromatic heterocycles. The lowest BCUT2D eigenvalue weighted by Crippen LogP contribution is -2.45. The van der Waals surface area contributed by atoms with Gasteiger partial charge in [0.05, 0.1) is 6.10 Å². The summed E-state index contributed by atoms with van der Waals surface area (Å²) >= 11 is 0. The molecule has 0 saturated heterocycles. The van der Waals surface area contributed by atoms with Crippen LogP contribution in [0.1, 0.15) is 122 Å². The number of unbranched alkanes of at least 4 members (excludes halogenated alkanes) is 13. The van der Waals surface area contributed by atoms with Crippen molar-refractivity contribution in [3.8, 4) is 0 Å². The summed E-state index contributed by atoms with van der Waals surface area (Å²) in [4.78, 5) is 0. The van der Waals surface area contributed by atoms with E-state index in [1.807, 2.05) is 0 Å². The molecule has 0 aromatic carbocycles. The van der Waals surface area contributed by atoms with Crippen LogP contribution in [0.2, 0.25) is 0 Å². The molecule has 8 N–H and O–H groups in total. The third kappa shape index (κ3) is 22.7. The van der Waals surface area contributed by atoms with Gasteiger partial charge in [0, 0.05) is 6.04 Å². The molecule has 0 aromatic rings. The Balaban J connectivity index is 3.40. The van der Waals surface area contributed by atoms with Gasteiger partial charge >= 0.3 is 0 Å². The molecule has 31 heavy (non-hydrogen) atoms. The Labute approximate surface area is 190 Å². The SMILES string of the molecule is CC(O)C(CCC(N)O)NC(O)CCCCCCCCCCCCCCCCC(O)O. The Hall–Kier alpha value is -0.280. The average Bonchev–Trinajstić information content (AvgIpc) is 2.70. The molecule has 0 spiro atoms. The van der Waals surface area contributed by atoms with E-state index in [-0.39, 0.29) is 6.04 Å². The van der Waals surface area contributed by atoms with Crippen LogP contribution in [0.15, 0.2) is 0 Å². The van der Waals surface area contributed by atoms with Gasteiger partial charge in [0.1, 0.15) is 12.5 Å². The van der Waals surface area contributed by atoms with Crippen molar-refractivity contribution in [1.82, 2.24) is 5.32 Å². The summed E-state index contributed by atoms with van der Waals surface area (Å²) in [5.74, 6) is 0. The molecular formula is C24H52N2O5. The van der Waals surface area contributed by atoms with Crippen molar-refractivity contribution in [2.24, 2.45) is 5.73 Å². The third-order valence-electron chi connectivity index (χ3n) is 5.95. The van der Waals surface area contributed by atoms with Gasteiger partial charge in [-0.05, 0) is 45.4 Å². The number of hydrogen-bond acceptors (Lipinski definition) is 7. The second-order valence-corrected chi connectivity index (χ2v) is 9.18. The Bertz CT molecular complexity index is 370. The second kappa shape index (κ2) is 21.6. The van der Waals surface area contributed by atoms with Crippen LogP contribution in [0.25, 0.3) is 0 Å². The number of aliphatic hydroxyl groups is 5. The largest absolute Gasteiger partial charge is 0.392 e. The van der Waals surface area contributed by atoms with Gasteiger partial charge in [-0.1, -0.05) is 77.0 Å². The minimum atomic E-state index is -1.14. The fraction of sp³-hybridized carbons (Fsp3) is 1.00. The monoisotopic (exact) mass is 448 g/mol. The highest BCUT2D eigenvalue weighted by Crippen LogP contribution is 2.14. The van der Waals surface area contributed by atoms with Crippen LogP contribution in [0, 0.1) is 0 Å². The summed E-state index contributed by atoms with van der Waals surface area (Å²) in [5.41, 5.74) is 5.35. The molecule has 0 saturated carbocycles. The van der Waals surface area contributed by atoms with E-state index in [9.17, 15) is 15.3 Å². The summed E-state index contributed by atoms with van der Waals surface area (Å²) in [6, 6.07) is -0.256. The van der Waals surface area contributed by atoms with Crippen LogP contribution in [-0.4, -0.2) is 56.4 Å². The molecular weight excluding hydrogens is 396 g/mol. The maximum Gasteiger partial charge on any atom is 0.151 e. The molecule has 0 amide bonds. The van der Waals surface area contributed by atoms with E-state index in [0.717, 1.165) is 25.7 Å². The first-order valence-electron chi connectivity index (χ1n) is 12.7. The van der Waals surface area contributed by atoms with Crippen molar-refractivity contribution in [2.45, 2.75) is 153 Å². The van der Waals surface area contributed by atoms with Crippen molar-refractivity contribution in [1.29, 1.82) is 0 Å². The minimum absolute atomic E-state index is 0.256. The molecule has 4 unspecified atom stereocenters. The second-order valence-electron chi connectivity index (χ2n) is 9.18. The minimum Gasteiger partial charge on any atom is -0.392 e. The molecule has 0 heterocycles. The van der Waals surface area contributed by atoms with Crippen LogP contribution < -0.4 is 11.1 Å². The summed E-state index contributed by atoms with van der Waals surface area (Å²) in [6.07, 6.45) is 15.7. The van der Waals surface area contributed by atoms with Gasteiger partial charge < -0.3 is 31.3 Å². The smallest absolute Gasteiger partial charge is 0.151 e. The highest BCUT2D eigenvalue weighted by atomic mass is 16.5. The third-order valence-corrected chi connectivity index (χ3v) is 5.95. The fourth-order valence-electron chi connectivity index (χ4n) is 3.93. The van der Waals surface area contributed by atoms with Gasteiger partial charge in [0.25, 0.3) is 0 Å². The quantitative estimate of drug-likeness (QED) is 0.0940. The molecule has 0 radical (unpaired) electrons. The highest BCUT2D eigenvalue weighted by Gasteiger charge is 2.18. The highest BCUT2D eigenvalue weighted by molar-refractivity contribution is 4.74. The van der Waals surface area contributed by atoms with Crippen LogP contribution in [0.3, 0.4) is 0 Å². The first-order valence-corrected chi connectivity index (χ1v) is 12.7. The van der Waals surface area contributed by atoms with Gasteiger partial charge in [0.15, 0.2) is 6.29 Å². The van der Waals surface area contributed by atoms with Crippen molar-refractivity contribution >= 4 is 0 Å². The Kier molecular flexibility index (Phi) is 21.4. The predicted molar refractivity (Wildman–Crippen MR) is 126 cm³/mol. The van der Waals surface area contributed by atoms with Crippen molar-refractivity contribution in [3.63, 3.8) is 0 Å². The molecule has 0 aliphatic rings. The molecule has 0 fully saturated rings. The fourth-order valence-corrected chi connectivity index (χ4v) is 3.93. The standard InChI is InChI=1S/C24H52N2O5/c1-20(27)21(18-19-22(25)28)26-23(29)16-14-12-10-8-6-4-2-3-5-7-9-11-13-15-17-24(30)31/h20-24,26-31H,2-19,25H2,1H3. The number of rotatable bonds is 23. The summed E-state index contributed by atoms with van der Waals surface area (Å²) < 4.78 is 0. The van der Waals surface area contributed by atoms with E-state index in [1.54, 1.807) is 6.92 Å². The Morgan fingerprint density at radius 3 is 1.29 bits per heavy atom. The van der Waals surface area contributed by atoms with Crippen LogP contribution >= 0.6 is 0 Å². The molecule has 7 heteroatoms. The average molecular weight is 449 g/mol. The van der Waals surface area contributed by atoms with Crippen LogP contribution in [0.5, 0.6) is 0 Å². The van der Waals surface area contributed by atoms with Gasteiger partial charge in [-0.3, -0.25) is 5.32 Å². The molecule has 0 aliphatic carbocycles. The van der Waals surface area contributed by atoms with Gasteiger partial charge in [-0.15, -0.1) is 0 Å². The van der Waals surface area contributed by atoms with Crippen molar-refractivity contribution < 1.29 is 25.5 Å². The molecule has 7 nitrogen and oxygen atoms in total. The number of hydrogen-bond donors (Lipinski definition) is 7. The van der Waals surface area contributed by atoms with Crippen LogP contribution in [0.4, 0.5) is 0 Å². The normalized spacial score (nSPS) is 15.9. The van der Waals surface area contributed by atoms with Gasteiger partial charge in [-0.2, -0.15) is 0 Å². The number of nitrogens with one attached hydrogen (secondary N) is 1. The zero-order valence-electron chi connectivity index (χ0n) is 19.9. The van der Waals surface area contributed by atoms with E-state index >= 15 is 0 Å². The molecule has 4 atom stereocenters. The molecule has 0 aliphatic heterocycles. The number of aliphatic hydroxyl groups excluding tert-OH is 4. The van der Waals surface area contributed by atoms with E-state index < -0.39 is 24.8 Å². The molecule has 188 valence electrons. The van der Waals surface area contributed by atoms with E-state index in [2.05, 4.69) is 5.32 Å². The zero-order chi connectivity index (χ0) is 23.3. The lowest BCUT2D eigenvalue weighted by molar-refractivity contribution is -0.0466. The van der Waals surface area contributed by atoms with Crippen molar-refractivity contribution in [3.05, 3.63) is 0 Å². The first-order chi connectivity index (χ1) is 14.8. The molecule has 0 rings (SSSR count). The van der Waals surface area contributed by atoms with Crippen LogP contribution in [-0.2, 0) is 0 Å². The number of nitrogens with two attached hydrogens (primary N) is 1. The predicted octanol–water partition coefficient (Wildman–Crippen LogP) is 3.25. The lowest BCUT2D eigenvalue weighted by Gasteiger charge is -2.25. The maximum absolute atomic E-state index is 10.1. The maximum atomic E-state index is 10.1. The summed E-state index contributed by atoms with van der Waals surface area (Å²) in [6.45, 7) is 1.68. The molecule has 0 bridgehead atoms.